The Hall–Kier alpha value is -1.22. The molecule has 19 heavy (non-hydrogen) atoms. The third-order valence-corrected chi connectivity index (χ3v) is 3.78. The molecule has 1 rings (SSSR count). The number of aliphatic hydroxyl groups is 1. The standard InChI is InChI=1S/C16H28N2O/c1-6-8-9-10-11-17-13-16(19)15(5,12-14(3)4)18(16)7-2/h7-11,14,17,19H,2,6,12-13H2,1,3-5H3/b9-8-,11-10?. The highest BCUT2D eigenvalue weighted by Crippen LogP contribution is 2.53. The Morgan fingerprint density at radius 2 is 2.05 bits per heavy atom. The van der Waals surface area contributed by atoms with E-state index in [1.54, 1.807) is 6.20 Å². The Morgan fingerprint density at radius 1 is 1.37 bits per heavy atom. The van der Waals surface area contributed by atoms with Crippen LogP contribution in [0.25, 0.3) is 0 Å². The van der Waals surface area contributed by atoms with Gasteiger partial charge in [-0.3, -0.25) is 0 Å². The van der Waals surface area contributed by atoms with Gasteiger partial charge >= 0.3 is 0 Å². The molecule has 108 valence electrons. The van der Waals surface area contributed by atoms with Crippen LogP contribution in [-0.4, -0.2) is 27.8 Å². The summed E-state index contributed by atoms with van der Waals surface area (Å²) in [4.78, 5) is 1.95. The highest BCUT2D eigenvalue weighted by atomic mass is 16.3. The average Bonchev–Trinajstić information content (AvgIpc) is 2.78. The summed E-state index contributed by atoms with van der Waals surface area (Å²) in [7, 11) is 0. The van der Waals surface area contributed by atoms with E-state index in [2.05, 4.69) is 45.7 Å². The quantitative estimate of drug-likeness (QED) is 0.522. The molecule has 0 aromatic heterocycles. The summed E-state index contributed by atoms with van der Waals surface area (Å²) in [6.45, 7) is 12.9. The number of hydrogen-bond acceptors (Lipinski definition) is 3. The molecule has 2 unspecified atom stereocenters. The maximum Gasteiger partial charge on any atom is 0.179 e. The minimum absolute atomic E-state index is 0.205. The van der Waals surface area contributed by atoms with Crippen molar-refractivity contribution in [2.45, 2.75) is 51.8 Å². The highest BCUT2D eigenvalue weighted by molar-refractivity contribution is 5.24. The largest absolute Gasteiger partial charge is 0.386 e. The molecule has 0 aromatic rings. The lowest BCUT2D eigenvalue weighted by atomic mass is 9.93. The van der Waals surface area contributed by atoms with E-state index in [9.17, 15) is 5.11 Å². The van der Waals surface area contributed by atoms with Gasteiger partial charge in [0.25, 0.3) is 0 Å². The van der Waals surface area contributed by atoms with Crippen molar-refractivity contribution in [1.82, 2.24) is 10.2 Å². The Labute approximate surface area is 117 Å². The normalized spacial score (nSPS) is 30.5. The number of nitrogens with one attached hydrogen (secondary N) is 1. The lowest BCUT2D eigenvalue weighted by Gasteiger charge is -2.15. The van der Waals surface area contributed by atoms with Crippen molar-refractivity contribution < 1.29 is 5.11 Å². The first-order valence-electron chi connectivity index (χ1n) is 7.11. The van der Waals surface area contributed by atoms with Gasteiger partial charge in [0.05, 0.1) is 12.1 Å². The Morgan fingerprint density at radius 3 is 2.58 bits per heavy atom. The minimum atomic E-state index is -0.822. The molecule has 2 atom stereocenters. The summed E-state index contributed by atoms with van der Waals surface area (Å²) in [6.07, 6.45) is 11.6. The van der Waals surface area contributed by atoms with Gasteiger partial charge in [-0.05, 0) is 44.2 Å². The van der Waals surface area contributed by atoms with Crippen LogP contribution in [0.15, 0.2) is 37.2 Å². The molecule has 3 nitrogen and oxygen atoms in total. The molecule has 0 amide bonds. The van der Waals surface area contributed by atoms with E-state index in [-0.39, 0.29) is 5.54 Å². The fourth-order valence-electron chi connectivity index (χ4n) is 2.82. The average molecular weight is 264 g/mol. The minimum Gasteiger partial charge on any atom is -0.386 e. The van der Waals surface area contributed by atoms with E-state index >= 15 is 0 Å². The van der Waals surface area contributed by atoms with E-state index in [1.807, 2.05) is 23.3 Å². The van der Waals surface area contributed by atoms with Gasteiger partial charge in [0.15, 0.2) is 5.72 Å². The lowest BCUT2D eigenvalue weighted by molar-refractivity contribution is 0.0940. The van der Waals surface area contributed by atoms with Gasteiger partial charge in [-0.25, -0.2) is 0 Å². The second-order valence-corrected chi connectivity index (χ2v) is 5.82. The first kappa shape index (κ1) is 15.8. The zero-order chi connectivity index (χ0) is 14.5. The fourth-order valence-corrected chi connectivity index (χ4v) is 2.82. The molecule has 0 aliphatic carbocycles. The van der Waals surface area contributed by atoms with Crippen LogP contribution in [0.1, 0.15) is 40.5 Å². The predicted octanol–water partition coefficient (Wildman–Crippen LogP) is 3.01. The van der Waals surface area contributed by atoms with E-state index < -0.39 is 5.72 Å². The summed E-state index contributed by atoms with van der Waals surface area (Å²) in [5, 5.41) is 13.9. The SMILES string of the molecule is C=CN1C(C)(CC(C)C)C1(O)CNC=C/C=C\CC. The molecule has 2 N–H and O–H groups in total. The molecular weight excluding hydrogens is 236 g/mol. The van der Waals surface area contributed by atoms with Crippen molar-refractivity contribution >= 4 is 0 Å². The van der Waals surface area contributed by atoms with Gasteiger partial charge in [0.1, 0.15) is 0 Å². The van der Waals surface area contributed by atoms with E-state index in [0.29, 0.717) is 12.5 Å². The molecule has 1 saturated heterocycles. The number of rotatable bonds is 8. The molecule has 0 aromatic carbocycles. The summed E-state index contributed by atoms with van der Waals surface area (Å²) in [6, 6.07) is 0. The monoisotopic (exact) mass is 264 g/mol. The van der Waals surface area contributed by atoms with Crippen molar-refractivity contribution in [3.63, 3.8) is 0 Å². The fraction of sp³-hybridized carbons (Fsp3) is 0.625. The second kappa shape index (κ2) is 6.29. The summed E-state index contributed by atoms with van der Waals surface area (Å²) in [5.41, 5.74) is -1.03. The molecule has 1 fully saturated rings. The zero-order valence-electron chi connectivity index (χ0n) is 12.7. The first-order valence-corrected chi connectivity index (χ1v) is 7.11. The third-order valence-electron chi connectivity index (χ3n) is 3.78. The van der Waals surface area contributed by atoms with Crippen molar-refractivity contribution in [3.8, 4) is 0 Å². The Kier molecular flexibility index (Phi) is 5.24. The molecule has 1 heterocycles. The molecule has 0 saturated carbocycles. The zero-order valence-corrected chi connectivity index (χ0v) is 12.7. The van der Waals surface area contributed by atoms with Crippen LogP contribution in [0.4, 0.5) is 0 Å². The van der Waals surface area contributed by atoms with Gasteiger partial charge in [-0.15, -0.1) is 0 Å². The number of hydrogen-bond donors (Lipinski definition) is 2. The number of allylic oxidation sites excluding steroid dienone is 3. The summed E-state index contributed by atoms with van der Waals surface area (Å²) < 4.78 is 0. The van der Waals surface area contributed by atoms with Crippen molar-refractivity contribution in [2.75, 3.05) is 6.54 Å². The van der Waals surface area contributed by atoms with Crippen LogP contribution in [0.5, 0.6) is 0 Å². The predicted molar refractivity (Wildman–Crippen MR) is 81.4 cm³/mol. The topological polar surface area (TPSA) is 35.3 Å². The van der Waals surface area contributed by atoms with Crippen molar-refractivity contribution in [1.29, 1.82) is 0 Å². The van der Waals surface area contributed by atoms with E-state index in [4.69, 9.17) is 0 Å². The summed E-state index contributed by atoms with van der Waals surface area (Å²) >= 11 is 0. The van der Waals surface area contributed by atoms with Crippen molar-refractivity contribution in [3.05, 3.63) is 37.2 Å². The summed E-state index contributed by atoms with van der Waals surface area (Å²) in [5.74, 6) is 0.546. The first-order chi connectivity index (χ1) is 8.92. The van der Waals surface area contributed by atoms with Gasteiger partial charge in [-0.2, -0.15) is 0 Å². The van der Waals surface area contributed by atoms with E-state index in [0.717, 1.165) is 12.8 Å². The van der Waals surface area contributed by atoms with Crippen LogP contribution in [0.3, 0.4) is 0 Å². The molecule has 0 spiro atoms. The Bertz CT molecular complexity index is 362. The molecule has 0 bridgehead atoms. The van der Waals surface area contributed by atoms with Crippen LogP contribution in [0.2, 0.25) is 0 Å². The van der Waals surface area contributed by atoms with Crippen LogP contribution >= 0.6 is 0 Å². The number of nitrogens with zero attached hydrogens (tertiary/aromatic N) is 1. The van der Waals surface area contributed by atoms with Gasteiger partial charge in [0.2, 0.25) is 0 Å². The molecule has 1 aliphatic heterocycles. The maximum atomic E-state index is 10.7. The van der Waals surface area contributed by atoms with E-state index in [1.165, 1.54) is 0 Å². The molecule has 1 aliphatic rings. The van der Waals surface area contributed by atoms with Gasteiger partial charge < -0.3 is 15.3 Å². The molecular formula is C16H28N2O. The third kappa shape index (κ3) is 3.21. The Balaban J connectivity index is 2.54. The maximum absolute atomic E-state index is 10.7. The smallest absolute Gasteiger partial charge is 0.179 e. The lowest BCUT2D eigenvalue weighted by Crippen LogP contribution is -2.34. The highest BCUT2D eigenvalue weighted by Gasteiger charge is 2.69. The van der Waals surface area contributed by atoms with Gasteiger partial charge in [0, 0.05) is 0 Å². The van der Waals surface area contributed by atoms with Crippen LogP contribution < -0.4 is 5.32 Å². The molecule has 3 heteroatoms. The second-order valence-electron chi connectivity index (χ2n) is 5.82. The van der Waals surface area contributed by atoms with Crippen LogP contribution in [-0.2, 0) is 0 Å². The van der Waals surface area contributed by atoms with Gasteiger partial charge in [-0.1, -0.05) is 39.5 Å². The van der Waals surface area contributed by atoms with Crippen LogP contribution in [0, 0.1) is 5.92 Å². The van der Waals surface area contributed by atoms with Crippen molar-refractivity contribution in [2.24, 2.45) is 5.92 Å². The molecule has 0 radical (unpaired) electrons.